The highest BCUT2D eigenvalue weighted by Gasteiger charge is 2.43. The van der Waals surface area contributed by atoms with Gasteiger partial charge >= 0.3 is 15.2 Å². The molecule has 8 nitrogen and oxygen atoms in total. The van der Waals surface area contributed by atoms with Gasteiger partial charge in [0.15, 0.2) is 11.7 Å². The minimum atomic E-state index is -4.86. The molecule has 1 fully saturated rings. The van der Waals surface area contributed by atoms with Gasteiger partial charge in [0.2, 0.25) is 0 Å². The first-order valence-corrected chi connectivity index (χ1v) is 11.6. The van der Waals surface area contributed by atoms with E-state index < -0.39 is 26.9 Å². The summed E-state index contributed by atoms with van der Waals surface area (Å²) in [7, 11) is -9.73. The third-order valence-corrected chi connectivity index (χ3v) is 8.93. The first-order chi connectivity index (χ1) is 10.9. The summed E-state index contributed by atoms with van der Waals surface area (Å²) in [6.07, 6.45) is 0.382. The van der Waals surface area contributed by atoms with Gasteiger partial charge in [-0.05, 0) is 31.1 Å². The number of ether oxygens (including phenoxy) is 2. The molecule has 1 heterocycles. The van der Waals surface area contributed by atoms with E-state index in [0.717, 1.165) is 6.42 Å². The van der Waals surface area contributed by atoms with E-state index in [4.69, 9.17) is 29.0 Å². The van der Waals surface area contributed by atoms with Crippen LogP contribution in [0.1, 0.15) is 47.0 Å². The fourth-order valence-electron chi connectivity index (χ4n) is 3.14. The zero-order chi connectivity index (χ0) is 18.7. The fraction of sp³-hybridized carbons (Fsp3) is 1.00. The average Bonchev–Trinajstić information content (AvgIpc) is 2.44. The lowest BCUT2D eigenvalue weighted by molar-refractivity contribution is -0.248. The van der Waals surface area contributed by atoms with Gasteiger partial charge in [0, 0.05) is 12.5 Å². The van der Waals surface area contributed by atoms with Crippen molar-refractivity contribution in [1.29, 1.82) is 0 Å². The Kier molecular flexibility index (Phi) is 8.11. The molecule has 0 aliphatic carbocycles. The Morgan fingerprint density at radius 1 is 1.00 bits per heavy atom. The van der Waals surface area contributed by atoms with E-state index in [9.17, 15) is 9.13 Å². The third kappa shape index (κ3) is 5.89. The van der Waals surface area contributed by atoms with Crippen LogP contribution in [0.2, 0.25) is 0 Å². The van der Waals surface area contributed by atoms with Gasteiger partial charge in [-0.15, -0.1) is 0 Å². The van der Waals surface area contributed by atoms with Gasteiger partial charge in [-0.2, -0.15) is 0 Å². The summed E-state index contributed by atoms with van der Waals surface area (Å²) in [5.74, 6) is 0.993. The van der Waals surface area contributed by atoms with Gasteiger partial charge in [0.05, 0.1) is 6.10 Å². The molecule has 4 N–H and O–H groups in total. The van der Waals surface area contributed by atoms with Crippen molar-refractivity contribution in [3.05, 3.63) is 0 Å². The van der Waals surface area contributed by atoms with Gasteiger partial charge in [-0.25, -0.2) is 0 Å². The second kappa shape index (κ2) is 8.74. The van der Waals surface area contributed by atoms with Crippen LogP contribution >= 0.6 is 15.2 Å². The molecule has 0 aromatic carbocycles. The topological polar surface area (TPSA) is 134 Å². The summed E-state index contributed by atoms with van der Waals surface area (Å²) in [6.45, 7) is 8.51. The molecule has 0 bridgehead atoms. The molecule has 0 aromatic heterocycles. The Hall–Kier alpha value is 0.220. The van der Waals surface area contributed by atoms with Crippen molar-refractivity contribution < 1.29 is 38.2 Å². The maximum atomic E-state index is 11.2. The molecule has 5 unspecified atom stereocenters. The molecule has 1 rings (SSSR count). The monoisotopic (exact) mass is 388 g/mol. The van der Waals surface area contributed by atoms with Crippen LogP contribution in [0.4, 0.5) is 0 Å². The van der Waals surface area contributed by atoms with Gasteiger partial charge in [-0.1, -0.05) is 27.7 Å². The molecule has 0 spiro atoms. The summed E-state index contributed by atoms with van der Waals surface area (Å²) in [5.41, 5.74) is 0. The lowest BCUT2D eigenvalue weighted by atomic mass is 9.78. The van der Waals surface area contributed by atoms with E-state index in [1.165, 1.54) is 0 Å². The van der Waals surface area contributed by atoms with Crippen LogP contribution in [-0.4, -0.2) is 44.0 Å². The maximum Gasteiger partial charge on any atom is 0.340 e. The second-order valence-corrected chi connectivity index (χ2v) is 10.7. The molecule has 10 heteroatoms. The standard InChI is InChI=1S/C14H30O8P2/c1-5-12-10(3)9(2)11(4)14(22-12)21-8-6-7-13(23(15,16)17)24(18,19)20/h9-14H,5-8H2,1-4H3,(H2,15,16,17)(H2,18,19,20). The zero-order valence-electron chi connectivity index (χ0n) is 14.6. The van der Waals surface area contributed by atoms with Crippen LogP contribution in [-0.2, 0) is 18.6 Å². The highest BCUT2D eigenvalue weighted by molar-refractivity contribution is 7.70. The summed E-state index contributed by atoms with van der Waals surface area (Å²) in [5, 5.41) is -1.97. The minimum absolute atomic E-state index is 0.0964. The summed E-state index contributed by atoms with van der Waals surface area (Å²) >= 11 is 0. The Morgan fingerprint density at radius 2 is 1.54 bits per heavy atom. The molecule has 0 amide bonds. The van der Waals surface area contributed by atoms with Gasteiger partial charge in [-0.3, -0.25) is 9.13 Å². The highest BCUT2D eigenvalue weighted by atomic mass is 31.2. The van der Waals surface area contributed by atoms with Crippen molar-refractivity contribution in [2.24, 2.45) is 17.8 Å². The molecule has 0 aromatic rings. The molecular weight excluding hydrogens is 358 g/mol. The zero-order valence-corrected chi connectivity index (χ0v) is 16.4. The Morgan fingerprint density at radius 3 is 2.00 bits per heavy atom. The first-order valence-electron chi connectivity index (χ1n) is 8.27. The van der Waals surface area contributed by atoms with Crippen LogP contribution in [0.3, 0.4) is 0 Å². The van der Waals surface area contributed by atoms with Crippen LogP contribution in [0.5, 0.6) is 0 Å². The van der Waals surface area contributed by atoms with Crippen molar-refractivity contribution in [2.45, 2.75) is 64.8 Å². The molecule has 0 radical (unpaired) electrons. The third-order valence-electron chi connectivity index (χ3n) is 5.05. The Bertz CT molecular complexity index is 463. The number of hydrogen-bond acceptors (Lipinski definition) is 4. The minimum Gasteiger partial charge on any atom is -0.352 e. The summed E-state index contributed by atoms with van der Waals surface area (Å²) < 4.78 is 34.1. The van der Waals surface area contributed by atoms with Crippen molar-refractivity contribution in [1.82, 2.24) is 0 Å². The van der Waals surface area contributed by atoms with E-state index in [-0.39, 0.29) is 31.5 Å². The second-order valence-electron chi connectivity index (χ2n) is 6.70. The van der Waals surface area contributed by atoms with Crippen LogP contribution in [0, 0.1) is 17.8 Å². The molecule has 1 aliphatic heterocycles. The molecule has 1 aliphatic rings. The smallest absolute Gasteiger partial charge is 0.340 e. The Balaban J connectivity index is 2.54. The van der Waals surface area contributed by atoms with Gasteiger partial charge in [0.25, 0.3) is 0 Å². The Labute approximate surface area is 143 Å². The van der Waals surface area contributed by atoms with Gasteiger partial charge in [0.1, 0.15) is 0 Å². The van der Waals surface area contributed by atoms with E-state index in [0.29, 0.717) is 11.8 Å². The normalized spacial score (nSPS) is 32.3. The lowest BCUT2D eigenvalue weighted by Crippen LogP contribution is -2.45. The molecule has 5 atom stereocenters. The molecule has 0 saturated carbocycles. The quantitative estimate of drug-likeness (QED) is 0.368. The van der Waals surface area contributed by atoms with E-state index in [2.05, 4.69) is 13.8 Å². The number of rotatable bonds is 8. The predicted molar refractivity (Wildman–Crippen MR) is 89.5 cm³/mol. The summed E-state index contributed by atoms with van der Waals surface area (Å²) in [6, 6.07) is 0. The van der Waals surface area contributed by atoms with Crippen molar-refractivity contribution in [2.75, 3.05) is 6.61 Å². The SMILES string of the molecule is CCC1OC(OCCCC(P(=O)(O)O)P(=O)(O)O)C(C)C(C)C1C. The molecular formula is C14H30O8P2. The molecule has 24 heavy (non-hydrogen) atoms. The predicted octanol–water partition coefficient (Wildman–Crippen LogP) is 2.51. The largest absolute Gasteiger partial charge is 0.352 e. The fourth-order valence-corrected chi connectivity index (χ4v) is 5.75. The van der Waals surface area contributed by atoms with Crippen molar-refractivity contribution in [3.63, 3.8) is 0 Å². The lowest BCUT2D eigenvalue weighted by Gasteiger charge is -2.43. The van der Waals surface area contributed by atoms with E-state index >= 15 is 0 Å². The van der Waals surface area contributed by atoms with Crippen LogP contribution < -0.4 is 0 Å². The average molecular weight is 388 g/mol. The highest BCUT2D eigenvalue weighted by Crippen LogP contribution is 2.61. The first kappa shape index (κ1) is 22.3. The maximum absolute atomic E-state index is 11.2. The number of hydrogen-bond donors (Lipinski definition) is 4. The summed E-state index contributed by atoms with van der Waals surface area (Å²) in [4.78, 5) is 36.3. The van der Waals surface area contributed by atoms with Crippen LogP contribution in [0.15, 0.2) is 0 Å². The van der Waals surface area contributed by atoms with Crippen molar-refractivity contribution in [3.8, 4) is 0 Å². The molecule has 1 saturated heterocycles. The van der Waals surface area contributed by atoms with E-state index in [1.807, 2.05) is 13.8 Å². The van der Waals surface area contributed by atoms with E-state index in [1.54, 1.807) is 0 Å². The van der Waals surface area contributed by atoms with Crippen LogP contribution in [0.25, 0.3) is 0 Å². The van der Waals surface area contributed by atoms with Crippen molar-refractivity contribution >= 4 is 15.2 Å². The van der Waals surface area contributed by atoms with Gasteiger partial charge < -0.3 is 29.0 Å². The molecule has 144 valence electrons.